The molecule has 1 saturated heterocycles. The SMILES string of the molecule is COc1ccc(CN2CCN(S(=O)(=O)c3cc(Cl)cc(Cl)c3)CC2)cc1. The molecule has 0 spiro atoms. The number of hydrogen-bond donors (Lipinski definition) is 0. The lowest BCUT2D eigenvalue weighted by Crippen LogP contribution is -2.48. The number of piperazine rings is 1. The summed E-state index contributed by atoms with van der Waals surface area (Å²) in [5, 5.41) is 0.628. The van der Waals surface area contributed by atoms with Gasteiger partial charge in [0.2, 0.25) is 10.0 Å². The number of benzene rings is 2. The van der Waals surface area contributed by atoms with E-state index in [1.54, 1.807) is 7.11 Å². The third kappa shape index (κ3) is 4.50. The van der Waals surface area contributed by atoms with Gasteiger partial charge in [0, 0.05) is 42.8 Å². The maximum Gasteiger partial charge on any atom is 0.243 e. The van der Waals surface area contributed by atoms with Crippen molar-refractivity contribution in [3.63, 3.8) is 0 Å². The molecule has 0 aliphatic carbocycles. The van der Waals surface area contributed by atoms with Crippen molar-refractivity contribution in [3.05, 3.63) is 58.1 Å². The minimum absolute atomic E-state index is 0.138. The molecule has 2 aromatic carbocycles. The van der Waals surface area contributed by atoms with E-state index in [0.717, 1.165) is 12.3 Å². The van der Waals surface area contributed by atoms with Crippen LogP contribution in [-0.4, -0.2) is 50.9 Å². The van der Waals surface area contributed by atoms with Crippen LogP contribution in [0.2, 0.25) is 10.0 Å². The van der Waals surface area contributed by atoms with E-state index < -0.39 is 10.0 Å². The molecule has 0 aromatic heterocycles. The summed E-state index contributed by atoms with van der Waals surface area (Å²) in [6.07, 6.45) is 0. The Labute approximate surface area is 164 Å². The Kier molecular flexibility index (Phi) is 6.10. The van der Waals surface area contributed by atoms with Gasteiger partial charge < -0.3 is 4.74 Å². The predicted molar refractivity (Wildman–Crippen MR) is 103 cm³/mol. The highest BCUT2D eigenvalue weighted by atomic mass is 35.5. The Hall–Kier alpha value is -1.31. The zero-order valence-corrected chi connectivity index (χ0v) is 16.7. The number of sulfonamides is 1. The third-order valence-electron chi connectivity index (χ3n) is 4.37. The molecular formula is C18H20Cl2N2O3S. The molecule has 1 heterocycles. The van der Waals surface area contributed by atoms with Crippen molar-refractivity contribution >= 4 is 33.2 Å². The summed E-state index contributed by atoms with van der Waals surface area (Å²) in [7, 11) is -1.95. The minimum Gasteiger partial charge on any atom is -0.497 e. The highest BCUT2D eigenvalue weighted by Gasteiger charge is 2.29. The van der Waals surface area contributed by atoms with Crippen LogP contribution in [0.1, 0.15) is 5.56 Å². The van der Waals surface area contributed by atoms with Crippen LogP contribution in [0.4, 0.5) is 0 Å². The number of nitrogens with zero attached hydrogens (tertiary/aromatic N) is 2. The van der Waals surface area contributed by atoms with Crippen molar-refractivity contribution in [2.45, 2.75) is 11.4 Å². The fourth-order valence-corrected chi connectivity index (χ4v) is 5.09. The van der Waals surface area contributed by atoms with Gasteiger partial charge in [0.15, 0.2) is 0 Å². The summed E-state index contributed by atoms with van der Waals surface area (Å²) >= 11 is 11.9. The Morgan fingerprint density at radius 2 is 1.54 bits per heavy atom. The first-order chi connectivity index (χ1) is 12.4. The standard InChI is InChI=1S/C18H20Cl2N2O3S/c1-25-17-4-2-14(3-5-17)13-21-6-8-22(9-7-21)26(23,24)18-11-15(19)10-16(20)12-18/h2-5,10-12H,6-9,13H2,1H3. The number of rotatable bonds is 5. The van der Waals surface area contributed by atoms with Crippen LogP contribution in [0.15, 0.2) is 47.4 Å². The van der Waals surface area contributed by atoms with Crippen molar-refractivity contribution in [2.75, 3.05) is 33.3 Å². The quantitative estimate of drug-likeness (QED) is 0.750. The Morgan fingerprint density at radius 1 is 0.962 bits per heavy atom. The normalized spacial score (nSPS) is 16.6. The summed E-state index contributed by atoms with van der Waals surface area (Å²) in [5.74, 6) is 0.824. The molecule has 2 aromatic rings. The molecule has 0 radical (unpaired) electrons. The van der Waals surface area contributed by atoms with E-state index in [0.29, 0.717) is 36.2 Å². The van der Waals surface area contributed by atoms with Crippen molar-refractivity contribution in [1.82, 2.24) is 9.21 Å². The molecule has 0 N–H and O–H groups in total. The highest BCUT2D eigenvalue weighted by molar-refractivity contribution is 7.89. The molecule has 0 amide bonds. The van der Waals surface area contributed by atoms with E-state index in [4.69, 9.17) is 27.9 Å². The van der Waals surface area contributed by atoms with Gasteiger partial charge in [-0.15, -0.1) is 0 Å². The number of methoxy groups -OCH3 is 1. The predicted octanol–water partition coefficient (Wildman–Crippen LogP) is 3.51. The van der Waals surface area contributed by atoms with E-state index in [1.807, 2.05) is 24.3 Å². The third-order valence-corrected chi connectivity index (χ3v) is 6.68. The summed E-state index contributed by atoms with van der Waals surface area (Å²) in [6, 6.07) is 12.3. The second kappa shape index (κ2) is 8.15. The van der Waals surface area contributed by atoms with Gasteiger partial charge in [-0.05, 0) is 35.9 Å². The average molecular weight is 415 g/mol. The Morgan fingerprint density at radius 3 is 2.08 bits per heavy atom. The fourth-order valence-electron chi connectivity index (χ4n) is 2.94. The lowest BCUT2D eigenvalue weighted by molar-refractivity contribution is 0.181. The van der Waals surface area contributed by atoms with Crippen LogP contribution in [0.3, 0.4) is 0 Å². The first kappa shape index (κ1) is 19.5. The molecule has 1 aliphatic heterocycles. The number of hydrogen-bond acceptors (Lipinski definition) is 4. The van der Waals surface area contributed by atoms with Crippen molar-refractivity contribution in [3.8, 4) is 5.75 Å². The van der Waals surface area contributed by atoms with Crippen LogP contribution in [0, 0.1) is 0 Å². The van der Waals surface area contributed by atoms with Gasteiger partial charge in [0.1, 0.15) is 5.75 Å². The summed E-state index contributed by atoms with van der Waals surface area (Å²) in [6.45, 7) is 2.98. The number of halogens is 2. The van der Waals surface area contributed by atoms with E-state index >= 15 is 0 Å². The van der Waals surface area contributed by atoms with Gasteiger partial charge >= 0.3 is 0 Å². The first-order valence-corrected chi connectivity index (χ1v) is 10.4. The smallest absolute Gasteiger partial charge is 0.243 e. The summed E-state index contributed by atoms with van der Waals surface area (Å²) in [4.78, 5) is 2.37. The molecule has 5 nitrogen and oxygen atoms in total. The first-order valence-electron chi connectivity index (χ1n) is 8.20. The summed E-state index contributed by atoms with van der Waals surface area (Å²) in [5.41, 5.74) is 1.17. The van der Waals surface area contributed by atoms with Crippen LogP contribution < -0.4 is 4.74 Å². The van der Waals surface area contributed by atoms with Crippen molar-refractivity contribution in [1.29, 1.82) is 0 Å². The lowest BCUT2D eigenvalue weighted by Gasteiger charge is -2.34. The topological polar surface area (TPSA) is 49.9 Å². The summed E-state index contributed by atoms with van der Waals surface area (Å²) < 4.78 is 32.3. The van der Waals surface area contributed by atoms with Gasteiger partial charge in [-0.3, -0.25) is 4.90 Å². The Bertz CT molecular complexity index is 844. The highest BCUT2D eigenvalue weighted by Crippen LogP contribution is 2.25. The van der Waals surface area contributed by atoms with Gasteiger partial charge in [-0.1, -0.05) is 35.3 Å². The molecule has 3 rings (SSSR count). The van der Waals surface area contributed by atoms with Crippen molar-refractivity contribution in [2.24, 2.45) is 0 Å². The zero-order chi connectivity index (χ0) is 18.7. The van der Waals surface area contributed by atoms with E-state index in [9.17, 15) is 8.42 Å². The zero-order valence-electron chi connectivity index (χ0n) is 14.4. The molecule has 0 bridgehead atoms. The largest absolute Gasteiger partial charge is 0.497 e. The number of ether oxygens (including phenoxy) is 1. The maximum atomic E-state index is 12.8. The molecule has 1 aliphatic rings. The minimum atomic E-state index is -3.59. The van der Waals surface area contributed by atoms with Crippen LogP contribution in [0.25, 0.3) is 0 Å². The van der Waals surface area contributed by atoms with Crippen LogP contribution in [-0.2, 0) is 16.6 Å². The Balaban J connectivity index is 1.63. The molecule has 26 heavy (non-hydrogen) atoms. The van der Waals surface area contributed by atoms with Gasteiger partial charge in [-0.25, -0.2) is 8.42 Å². The monoisotopic (exact) mass is 414 g/mol. The molecule has 0 atom stereocenters. The van der Waals surface area contributed by atoms with E-state index in [1.165, 1.54) is 28.1 Å². The lowest BCUT2D eigenvalue weighted by atomic mass is 10.2. The molecule has 8 heteroatoms. The second-order valence-electron chi connectivity index (χ2n) is 6.13. The van der Waals surface area contributed by atoms with Crippen LogP contribution in [0.5, 0.6) is 5.75 Å². The van der Waals surface area contributed by atoms with E-state index in [-0.39, 0.29) is 4.90 Å². The fraction of sp³-hybridized carbons (Fsp3) is 0.333. The maximum absolute atomic E-state index is 12.8. The van der Waals surface area contributed by atoms with E-state index in [2.05, 4.69) is 4.90 Å². The average Bonchev–Trinajstić information content (AvgIpc) is 2.62. The van der Waals surface area contributed by atoms with Gasteiger partial charge in [0.25, 0.3) is 0 Å². The molecular weight excluding hydrogens is 395 g/mol. The molecule has 0 saturated carbocycles. The molecule has 0 unspecified atom stereocenters. The molecule has 1 fully saturated rings. The second-order valence-corrected chi connectivity index (χ2v) is 8.94. The van der Waals surface area contributed by atoms with Crippen LogP contribution >= 0.6 is 23.2 Å². The van der Waals surface area contributed by atoms with Gasteiger partial charge in [0.05, 0.1) is 12.0 Å². The van der Waals surface area contributed by atoms with Crippen molar-refractivity contribution < 1.29 is 13.2 Å². The molecule has 140 valence electrons. The van der Waals surface area contributed by atoms with Gasteiger partial charge in [-0.2, -0.15) is 4.31 Å².